The van der Waals surface area contributed by atoms with Crippen molar-refractivity contribution in [3.8, 4) is 0 Å². The summed E-state index contributed by atoms with van der Waals surface area (Å²) in [6, 6.07) is 7.09. The van der Waals surface area contributed by atoms with E-state index in [4.69, 9.17) is 4.42 Å². The summed E-state index contributed by atoms with van der Waals surface area (Å²) in [6.07, 6.45) is 2.16. The summed E-state index contributed by atoms with van der Waals surface area (Å²) in [5, 5.41) is 15.1. The maximum Gasteiger partial charge on any atom is 0.319 e. The zero-order chi connectivity index (χ0) is 16.9. The number of nitrogens with one attached hydrogen (secondary N) is 2. The molecule has 0 spiro atoms. The van der Waals surface area contributed by atoms with E-state index in [2.05, 4.69) is 19.4 Å². The minimum atomic E-state index is -0.337. The Morgan fingerprint density at radius 3 is 3.00 bits per heavy atom. The van der Waals surface area contributed by atoms with Gasteiger partial charge in [-0.05, 0) is 30.7 Å². The van der Waals surface area contributed by atoms with Crippen molar-refractivity contribution in [2.45, 2.75) is 13.3 Å². The lowest BCUT2D eigenvalue weighted by Crippen LogP contribution is -2.35. The van der Waals surface area contributed by atoms with E-state index in [-0.39, 0.29) is 18.6 Å². The standard InChI is InChI=1S/C16H18N4O3S/c1-10-4-5-13-15(20-24-19-13)14(10)18-16(22)17-8-11(9-21)7-12-3-2-6-23-12/h2-6,11,21H,7-9H2,1H3,(H2,17,18,22). The first-order chi connectivity index (χ1) is 11.7. The fourth-order valence-electron chi connectivity index (χ4n) is 2.42. The largest absolute Gasteiger partial charge is 0.469 e. The molecule has 0 aliphatic heterocycles. The molecule has 1 unspecified atom stereocenters. The molecule has 2 amide bonds. The van der Waals surface area contributed by atoms with Gasteiger partial charge in [-0.1, -0.05) is 6.07 Å². The Kier molecular flexibility index (Phi) is 5.07. The average Bonchev–Trinajstić information content (AvgIpc) is 3.25. The van der Waals surface area contributed by atoms with Crippen LogP contribution in [0.4, 0.5) is 10.5 Å². The van der Waals surface area contributed by atoms with Gasteiger partial charge < -0.3 is 20.2 Å². The number of amides is 2. The Labute approximate surface area is 143 Å². The lowest BCUT2D eigenvalue weighted by molar-refractivity contribution is 0.213. The van der Waals surface area contributed by atoms with E-state index in [9.17, 15) is 9.90 Å². The minimum Gasteiger partial charge on any atom is -0.469 e. The molecule has 3 rings (SSSR count). The molecule has 2 aromatic heterocycles. The number of carbonyl (C=O) groups excluding carboxylic acids is 1. The van der Waals surface area contributed by atoms with Crippen LogP contribution in [0.3, 0.4) is 0 Å². The van der Waals surface area contributed by atoms with Crippen LogP contribution in [-0.4, -0.2) is 33.0 Å². The number of fused-ring (bicyclic) bond motifs is 1. The average molecular weight is 346 g/mol. The molecule has 7 nitrogen and oxygen atoms in total. The Hall–Kier alpha value is -2.45. The molecule has 0 fully saturated rings. The molecule has 1 atom stereocenters. The molecular weight excluding hydrogens is 328 g/mol. The number of furan rings is 1. The monoisotopic (exact) mass is 346 g/mol. The first kappa shape index (κ1) is 16.4. The summed E-state index contributed by atoms with van der Waals surface area (Å²) in [5.41, 5.74) is 3.02. The van der Waals surface area contributed by atoms with Crippen LogP contribution in [0.5, 0.6) is 0 Å². The number of carbonyl (C=O) groups is 1. The van der Waals surface area contributed by atoms with Crippen molar-refractivity contribution in [2.75, 3.05) is 18.5 Å². The van der Waals surface area contributed by atoms with Gasteiger partial charge in [-0.25, -0.2) is 4.79 Å². The predicted molar refractivity (Wildman–Crippen MR) is 92.2 cm³/mol. The molecule has 24 heavy (non-hydrogen) atoms. The van der Waals surface area contributed by atoms with Crippen LogP contribution >= 0.6 is 11.7 Å². The zero-order valence-corrected chi connectivity index (χ0v) is 14.0. The van der Waals surface area contributed by atoms with Gasteiger partial charge in [0, 0.05) is 25.5 Å². The van der Waals surface area contributed by atoms with Crippen molar-refractivity contribution < 1.29 is 14.3 Å². The van der Waals surface area contributed by atoms with Crippen LogP contribution in [-0.2, 0) is 6.42 Å². The van der Waals surface area contributed by atoms with Gasteiger partial charge in [0.2, 0.25) is 0 Å². The number of hydrogen-bond donors (Lipinski definition) is 3. The van der Waals surface area contributed by atoms with Crippen LogP contribution in [0.2, 0.25) is 0 Å². The topological polar surface area (TPSA) is 100 Å². The summed E-state index contributed by atoms with van der Waals surface area (Å²) >= 11 is 1.11. The van der Waals surface area contributed by atoms with E-state index in [0.717, 1.165) is 28.6 Å². The number of benzene rings is 1. The second-order valence-corrected chi connectivity index (χ2v) is 6.08. The van der Waals surface area contributed by atoms with Crippen molar-refractivity contribution >= 4 is 34.5 Å². The van der Waals surface area contributed by atoms with Gasteiger partial charge in [-0.15, -0.1) is 0 Å². The molecule has 0 aliphatic carbocycles. The van der Waals surface area contributed by atoms with Crippen LogP contribution in [0.1, 0.15) is 11.3 Å². The summed E-state index contributed by atoms with van der Waals surface area (Å²) in [6.45, 7) is 2.21. The lowest BCUT2D eigenvalue weighted by atomic mass is 10.1. The number of aryl methyl sites for hydroxylation is 1. The van der Waals surface area contributed by atoms with Crippen LogP contribution < -0.4 is 10.6 Å². The number of rotatable bonds is 6. The zero-order valence-electron chi connectivity index (χ0n) is 13.2. The number of hydrogen-bond acceptors (Lipinski definition) is 6. The molecule has 0 saturated heterocycles. The normalized spacial score (nSPS) is 12.2. The minimum absolute atomic E-state index is 0.0361. The maximum atomic E-state index is 12.2. The predicted octanol–water partition coefficient (Wildman–Crippen LogP) is 2.57. The van der Waals surface area contributed by atoms with Crippen LogP contribution in [0.25, 0.3) is 11.0 Å². The number of aliphatic hydroxyl groups excluding tert-OH is 1. The summed E-state index contributed by atoms with van der Waals surface area (Å²) < 4.78 is 13.7. The molecule has 3 N–H and O–H groups in total. The van der Waals surface area contributed by atoms with E-state index < -0.39 is 0 Å². The van der Waals surface area contributed by atoms with Gasteiger partial charge in [0.25, 0.3) is 0 Å². The molecule has 2 heterocycles. The molecule has 8 heteroatoms. The summed E-state index contributed by atoms with van der Waals surface area (Å²) in [7, 11) is 0. The second kappa shape index (κ2) is 7.41. The smallest absolute Gasteiger partial charge is 0.319 e. The van der Waals surface area contributed by atoms with Gasteiger partial charge in [0.05, 0.1) is 23.7 Å². The molecule has 1 aromatic carbocycles. The van der Waals surface area contributed by atoms with Crippen molar-refractivity contribution in [2.24, 2.45) is 5.92 Å². The highest BCUT2D eigenvalue weighted by molar-refractivity contribution is 7.00. The summed E-state index contributed by atoms with van der Waals surface area (Å²) in [5.74, 6) is 0.671. The van der Waals surface area contributed by atoms with Gasteiger partial charge >= 0.3 is 6.03 Å². The Balaban J connectivity index is 1.60. The molecule has 0 radical (unpaired) electrons. The number of anilines is 1. The third-order valence-corrected chi connectivity index (χ3v) is 4.30. The Morgan fingerprint density at radius 1 is 1.38 bits per heavy atom. The molecule has 0 saturated carbocycles. The van der Waals surface area contributed by atoms with Gasteiger partial charge in [0.15, 0.2) is 0 Å². The first-order valence-electron chi connectivity index (χ1n) is 7.57. The van der Waals surface area contributed by atoms with E-state index >= 15 is 0 Å². The SMILES string of the molecule is Cc1ccc2nsnc2c1NC(=O)NCC(CO)Cc1ccco1. The molecule has 3 aromatic rings. The first-order valence-corrected chi connectivity index (χ1v) is 8.30. The maximum absolute atomic E-state index is 12.2. The Bertz CT molecular complexity index is 816. The van der Waals surface area contributed by atoms with Crippen LogP contribution in [0, 0.1) is 12.8 Å². The van der Waals surface area contributed by atoms with Crippen LogP contribution in [0.15, 0.2) is 34.9 Å². The van der Waals surface area contributed by atoms with Gasteiger partial charge in [-0.3, -0.25) is 0 Å². The number of aliphatic hydroxyl groups is 1. The molecule has 0 aliphatic rings. The van der Waals surface area contributed by atoms with Crippen molar-refractivity contribution in [1.29, 1.82) is 0 Å². The third kappa shape index (κ3) is 3.72. The van der Waals surface area contributed by atoms with E-state index in [1.54, 1.807) is 12.3 Å². The van der Waals surface area contributed by atoms with E-state index in [0.29, 0.717) is 24.2 Å². The third-order valence-electron chi connectivity index (χ3n) is 3.75. The highest BCUT2D eigenvalue weighted by Gasteiger charge is 2.14. The van der Waals surface area contributed by atoms with E-state index in [1.165, 1.54) is 0 Å². The highest BCUT2D eigenvalue weighted by atomic mass is 32.1. The number of aromatic nitrogens is 2. The molecule has 126 valence electrons. The quantitative estimate of drug-likeness (QED) is 0.637. The fourth-order valence-corrected chi connectivity index (χ4v) is 2.96. The Morgan fingerprint density at radius 2 is 2.25 bits per heavy atom. The van der Waals surface area contributed by atoms with Gasteiger partial charge in [0.1, 0.15) is 16.8 Å². The van der Waals surface area contributed by atoms with Crippen molar-refractivity contribution in [1.82, 2.24) is 14.1 Å². The lowest BCUT2D eigenvalue weighted by Gasteiger charge is -2.15. The summed E-state index contributed by atoms with van der Waals surface area (Å²) in [4.78, 5) is 12.2. The highest BCUT2D eigenvalue weighted by Crippen LogP contribution is 2.25. The number of urea groups is 1. The molecule has 0 bridgehead atoms. The van der Waals surface area contributed by atoms with Crippen molar-refractivity contribution in [3.05, 3.63) is 41.9 Å². The number of nitrogens with zero attached hydrogens (tertiary/aromatic N) is 2. The van der Waals surface area contributed by atoms with Crippen molar-refractivity contribution in [3.63, 3.8) is 0 Å². The molecular formula is C16H18N4O3S. The fraction of sp³-hybridized carbons (Fsp3) is 0.312. The van der Waals surface area contributed by atoms with Gasteiger partial charge in [-0.2, -0.15) is 8.75 Å². The second-order valence-electron chi connectivity index (χ2n) is 5.56. The van der Waals surface area contributed by atoms with E-state index in [1.807, 2.05) is 25.1 Å².